The van der Waals surface area contributed by atoms with Gasteiger partial charge in [0, 0.05) is 23.6 Å². The second-order valence-electron chi connectivity index (χ2n) is 3.45. The second-order valence-corrected chi connectivity index (χ2v) is 3.45. The number of carbonyl (C=O) groups excluding carboxylic acids is 1. The minimum absolute atomic E-state index is 0.101. The van der Waals surface area contributed by atoms with E-state index in [1.165, 1.54) is 0 Å². The molecule has 0 aliphatic carbocycles. The van der Waals surface area contributed by atoms with Gasteiger partial charge in [-0.1, -0.05) is 17.2 Å². The highest BCUT2D eigenvalue weighted by Gasteiger charge is 2.03. The quantitative estimate of drug-likeness (QED) is 0.337. The number of amides is 1. The molecule has 0 saturated heterocycles. The van der Waals surface area contributed by atoms with Crippen LogP contribution in [0.3, 0.4) is 0 Å². The molecule has 6 nitrogen and oxygen atoms in total. The van der Waals surface area contributed by atoms with E-state index in [9.17, 15) is 4.79 Å². The van der Waals surface area contributed by atoms with Gasteiger partial charge >= 0.3 is 0 Å². The van der Waals surface area contributed by atoms with Crippen molar-refractivity contribution >= 4 is 5.91 Å². The van der Waals surface area contributed by atoms with Crippen LogP contribution >= 0.6 is 0 Å². The van der Waals surface area contributed by atoms with Gasteiger partial charge in [-0.15, -0.1) is 0 Å². The lowest BCUT2D eigenvalue weighted by atomic mass is 10.1. The molecule has 0 saturated carbocycles. The first-order valence-corrected chi connectivity index (χ1v) is 5.30. The molecule has 0 atom stereocenters. The highest BCUT2D eigenvalue weighted by molar-refractivity contribution is 5.94. The predicted molar refractivity (Wildman–Crippen MR) is 65.6 cm³/mol. The van der Waals surface area contributed by atoms with Gasteiger partial charge < -0.3 is 10.6 Å². The second kappa shape index (κ2) is 7.27. The third kappa shape index (κ3) is 4.55. The fourth-order valence-electron chi connectivity index (χ4n) is 1.28. The average molecular weight is 233 g/mol. The monoisotopic (exact) mass is 233 g/mol. The lowest BCUT2D eigenvalue weighted by molar-refractivity contribution is 0.0954. The molecule has 0 heterocycles. The Kier molecular flexibility index (Phi) is 5.57. The number of rotatable bonds is 6. The van der Waals surface area contributed by atoms with Gasteiger partial charge in [0.15, 0.2) is 0 Å². The van der Waals surface area contributed by atoms with E-state index in [-0.39, 0.29) is 5.91 Å². The molecular formula is C11H15N5O. The fraction of sp³-hybridized carbons (Fsp3) is 0.364. The van der Waals surface area contributed by atoms with Crippen molar-refractivity contribution in [2.75, 3.05) is 20.1 Å². The van der Waals surface area contributed by atoms with E-state index < -0.39 is 0 Å². The minimum Gasteiger partial charge on any atom is -0.351 e. The number of hydrogen-bond donors (Lipinski definition) is 2. The Balaban J connectivity index is 2.54. The zero-order valence-electron chi connectivity index (χ0n) is 9.68. The first kappa shape index (κ1) is 13.0. The molecule has 0 unspecified atom stereocenters. The topological polar surface area (TPSA) is 89.9 Å². The van der Waals surface area contributed by atoms with E-state index in [0.717, 1.165) is 12.1 Å². The minimum atomic E-state index is -0.101. The van der Waals surface area contributed by atoms with E-state index in [1.807, 2.05) is 7.05 Å². The van der Waals surface area contributed by atoms with Gasteiger partial charge in [0.1, 0.15) is 0 Å². The maximum Gasteiger partial charge on any atom is 0.251 e. The molecule has 0 aromatic heterocycles. The molecule has 6 heteroatoms. The molecule has 1 amide bonds. The van der Waals surface area contributed by atoms with Crippen LogP contribution < -0.4 is 10.6 Å². The number of carbonyl (C=O) groups is 1. The summed E-state index contributed by atoms with van der Waals surface area (Å²) in [7, 11) is 1.83. The summed E-state index contributed by atoms with van der Waals surface area (Å²) in [6.45, 7) is 1.63. The van der Waals surface area contributed by atoms with Gasteiger partial charge in [-0.05, 0) is 30.3 Å². The molecule has 1 rings (SSSR count). The zero-order chi connectivity index (χ0) is 12.5. The van der Waals surface area contributed by atoms with Gasteiger partial charge in [0.05, 0.1) is 6.54 Å². The molecule has 0 spiro atoms. The molecule has 90 valence electrons. The molecule has 1 aromatic carbocycles. The normalized spacial score (nSPS) is 9.47. The van der Waals surface area contributed by atoms with Crippen LogP contribution in [0.1, 0.15) is 15.9 Å². The van der Waals surface area contributed by atoms with E-state index in [2.05, 4.69) is 20.7 Å². The van der Waals surface area contributed by atoms with Crippen molar-refractivity contribution < 1.29 is 4.79 Å². The molecule has 1 aromatic rings. The van der Waals surface area contributed by atoms with Crippen molar-refractivity contribution in [2.45, 2.75) is 6.54 Å². The Morgan fingerprint density at radius 1 is 1.35 bits per heavy atom. The molecule has 0 bridgehead atoms. The number of likely N-dealkylation sites (N-methyl/N-ethyl adjacent to an activating group) is 1. The highest BCUT2D eigenvalue weighted by atomic mass is 16.1. The van der Waals surface area contributed by atoms with Crippen LogP contribution in [-0.2, 0) is 6.54 Å². The van der Waals surface area contributed by atoms with Crippen LogP contribution in [0.15, 0.2) is 29.4 Å². The van der Waals surface area contributed by atoms with Crippen LogP contribution in [-0.4, -0.2) is 26.0 Å². The predicted octanol–water partition coefficient (Wildman–Crippen LogP) is 1.45. The highest BCUT2D eigenvalue weighted by Crippen LogP contribution is 2.05. The Bertz CT molecular complexity index is 408. The Hall–Kier alpha value is -2.04. The summed E-state index contributed by atoms with van der Waals surface area (Å²) in [5, 5.41) is 9.17. The van der Waals surface area contributed by atoms with Gasteiger partial charge in [0.25, 0.3) is 5.91 Å². The summed E-state index contributed by atoms with van der Waals surface area (Å²) in [4.78, 5) is 14.3. The van der Waals surface area contributed by atoms with E-state index in [4.69, 9.17) is 5.53 Å². The fourth-order valence-corrected chi connectivity index (χ4v) is 1.28. The summed E-state index contributed by atoms with van der Waals surface area (Å²) in [6.07, 6.45) is 0. The summed E-state index contributed by atoms with van der Waals surface area (Å²) in [5.41, 5.74) is 9.67. The molecule has 2 N–H and O–H groups in total. The van der Waals surface area contributed by atoms with Gasteiger partial charge in [-0.2, -0.15) is 0 Å². The molecule has 0 aliphatic heterocycles. The van der Waals surface area contributed by atoms with Crippen molar-refractivity contribution in [1.29, 1.82) is 0 Å². The Morgan fingerprint density at radius 2 is 2.06 bits per heavy atom. The van der Waals surface area contributed by atoms with Crippen LogP contribution in [0.25, 0.3) is 10.4 Å². The maximum atomic E-state index is 11.6. The molecule has 0 radical (unpaired) electrons. The Labute approximate surface area is 99.7 Å². The van der Waals surface area contributed by atoms with Crippen LogP contribution in [0.2, 0.25) is 0 Å². The number of nitrogens with one attached hydrogen (secondary N) is 2. The lowest BCUT2D eigenvalue weighted by Crippen LogP contribution is -2.30. The van der Waals surface area contributed by atoms with E-state index in [0.29, 0.717) is 18.7 Å². The summed E-state index contributed by atoms with van der Waals surface area (Å²) >= 11 is 0. The maximum absolute atomic E-state index is 11.6. The molecule has 0 aliphatic rings. The number of hydrogen-bond acceptors (Lipinski definition) is 3. The summed E-state index contributed by atoms with van der Waals surface area (Å²) in [5.74, 6) is -0.101. The van der Waals surface area contributed by atoms with E-state index >= 15 is 0 Å². The average Bonchev–Trinajstić information content (AvgIpc) is 2.37. The number of nitrogens with zero attached hydrogens (tertiary/aromatic N) is 3. The van der Waals surface area contributed by atoms with Crippen LogP contribution in [0.5, 0.6) is 0 Å². The van der Waals surface area contributed by atoms with Crippen LogP contribution in [0, 0.1) is 0 Å². The summed E-state index contributed by atoms with van der Waals surface area (Å²) in [6, 6.07) is 7.00. The molecule has 0 fully saturated rings. The first-order valence-electron chi connectivity index (χ1n) is 5.30. The first-order chi connectivity index (χ1) is 8.27. The molecular weight excluding hydrogens is 218 g/mol. The van der Waals surface area contributed by atoms with Crippen molar-refractivity contribution in [3.63, 3.8) is 0 Å². The zero-order valence-corrected chi connectivity index (χ0v) is 9.68. The smallest absolute Gasteiger partial charge is 0.251 e. The van der Waals surface area contributed by atoms with E-state index in [1.54, 1.807) is 24.3 Å². The van der Waals surface area contributed by atoms with Crippen molar-refractivity contribution in [2.24, 2.45) is 5.11 Å². The van der Waals surface area contributed by atoms with Gasteiger partial charge in [0.2, 0.25) is 0 Å². The third-order valence-corrected chi connectivity index (χ3v) is 2.19. The largest absolute Gasteiger partial charge is 0.351 e. The lowest BCUT2D eigenvalue weighted by Gasteiger charge is -2.05. The number of benzene rings is 1. The van der Waals surface area contributed by atoms with Crippen LogP contribution in [0.4, 0.5) is 0 Å². The third-order valence-electron chi connectivity index (χ3n) is 2.19. The molecule has 17 heavy (non-hydrogen) atoms. The summed E-state index contributed by atoms with van der Waals surface area (Å²) < 4.78 is 0. The van der Waals surface area contributed by atoms with Crippen molar-refractivity contribution in [3.8, 4) is 0 Å². The van der Waals surface area contributed by atoms with Gasteiger partial charge in [-0.25, -0.2) is 0 Å². The number of azide groups is 1. The van der Waals surface area contributed by atoms with Crippen molar-refractivity contribution in [3.05, 3.63) is 45.8 Å². The standard InChI is InChI=1S/C11H15N5O/c1-13-6-7-14-11(17)10-4-2-9(3-5-10)8-15-16-12/h2-5,13H,6-8H2,1H3,(H,14,17). The Morgan fingerprint density at radius 3 is 2.65 bits per heavy atom. The SMILES string of the molecule is CNCCNC(=O)c1ccc(CN=[N+]=[N-])cc1. The van der Waals surface area contributed by atoms with Gasteiger partial charge in [-0.3, -0.25) is 4.79 Å². The van der Waals surface area contributed by atoms with Crippen molar-refractivity contribution in [1.82, 2.24) is 10.6 Å².